The average Bonchev–Trinajstić information content (AvgIpc) is 1.96. The number of nitrogens with two attached hydrogens (primary N) is 1. The summed E-state index contributed by atoms with van der Waals surface area (Å²) in [5.41, 5.74) is 5.57. The molecule has 0 unspecified atom stereocenters. The molecule has 0 bridgehead atoms. The van der Waals surface area contributed by atoms with E-state index in [0.717, 1.165) is 13.1 Å². The van der Waals surface area contributed by atoms with Crippen molar-refractivity contribution in [3.05, 3.63) is 0 Å². The van der Waals surface area contributed by atoms with Crippen molar-refractivity contribution in [3.63, 3.8) is 0 Å². The highest BCUT2D eigenvalue weighted by Crippen LogP contribution is 2.09. The molecule has 0 aliphatic rings. The Morgan fingerprint density at radius 1 is 1.50 bits per heavy atom. The van der Waals surface area contributed by atoms with Crippen LogP contribution in [0, 0.1) is 5.41 Å². The van der Waals surface area contributed by atoms with Crippen LogP contribution in [-0.2, 0) is 0 Å². The van der Waals surface area contributed by atoms with Crippen LogP contribution in [0.1, 0.15) is 27.2 Å². The van der Waals surface area contributed by atoms with E-state index in [4.69, 9.17) is 10.9 Å². The normalized spacial score (nSPS) is 13.4. The maximum Gasteiger partial charge on any atom is 0.140 e. The zero-order valence-corrected chi connectivity index (χ0v) is 8.09. The van der Waals surface area contributed by atoms with Gasteiger partial charge in [-0.2, -0.15) is 0 Å². The quantitative estimate of drug-likeness (QED) is 0.193. The summed E-state index contributed by atoms with van der Waals surface area (Å²) in [5, 5.41) is 14.3. The van der Waals surface area contributed by atoms with Gasteiger partial charge in [0.1, 0.15) is 5.84 Å². The molecule has 0 rings (SSSR count). The van der Waals surface area contributed by atoms with Crippen LogP contribution in [-0.4, -0.2) is 24.1 Å². The number of amidine groups is 1. The minimum Gasteiger partial charge on any atom is -0.409 e. The number of oxime groups is 1. The Balaban J connectivity index is 3.34. The van der Waals surface area contributed by atoms with Gasteiger partial charge in [-0.05, 0) is 5.41 Å². The van der Waals surface area contributed by atoms with Gasteiger partial charge < -0.3 is 16.3 Å². The van der Waals surface area contributed by atoms with Gasteiger partial charge >= 0.3 is 0 Å². The van der Waals surface area contributed by atoms with Gasteiger partial charge in [0.05, 0.1) is 0 Å². The summed E-state index contributed by atoms with van der Waals surface area (Å²) in [6, 6.07) is 0. The number of nitrogens with one attached hydrogen (secondary N) is 1. The largest absolute Gasteiger partial charge is 0.409 e. The monoisotopic (exact) mass is 173 g/mol. The van der Waals surface area contributed by atoms with Gasteiger partial charge in [-0.3, -0.25) is 0 Å². The van der Waals surface area contributed by atoms with Crippen LogP contribution in [0.4, 0.5) is 0 Å². The van der Waals surface area contributed by atoms with Gasteiger partial charge in [0, 0.05) is 19.5 Å². The van der Waals surface area contributed by atoms with E-state index in [0.29, 0.717) is 6.42 Å². The lowest BCUT2D eigenvalue weighted by Crippen LogP contribution is -2.29. The molecule has 0 aliphatic heterocycles. The molecule has 72 valence electrons. The van der Waals surface area contributed by atoms with E-state index in [2.05, 4.69) is 31.2 Å². The molecule has 0 atom stereocenters. The zero-order valence-electron chi connectivity index (χ0n) is 8.09. The number of hydrogen-bond donors (Lipinski definition) is 3. The van der Waals surface area contributed by atoms with E-state index in [1.54, 1.807) is 0 Å². The van der Waals surface area contributed by atoms with Crippen LogP contribution >= 0.6 is 0 Å². The summed E-state index contributed by atoms with van der Waals surface area (Å²) in [5.74, 6) is 0.274. The molecule has 0 aromatic heterocycles. The first-order valence-electron chi connectivity index (χ1n) is 4.13. The van der Waals surface area contributed by atoms with Crippen LogP contribution in [0.5, 0.6) is 0 Å². The van der Waals surface area contributed by atoms with E-state index in [9.17, 15) is 0 Å². The molecule has 0 saturated heterocycles. The van der Waals surface area contributed by atoms with Crippen molar-refractivity contribution >= 4 is 5.84 Å². The summed E-state index contributed by atoms with van der Waals surface area (Å²) < 4.78 is 0. The van der Waals surface area contributed by atoms with Crippen LogP contribution in [0.3, 0.4) is 0 Å². The van der Waals surface area contributed by atoms with Crippen LogP contribution < -0.4 is 11.1 Å². The third kappa shape index (κ3) is 7.34. The van der Waals surface area contributed by atoms with Gasteiger partial charge in [-0.15, -0.1) is 0 Å². The molecule has 0 fully saturated rings. The predicted octanol–water partition coefficient (Wildman–Crippen LogP) is 0.759. The first-order valence-corrected chi connectivity index (χ1v) is 4.13. The fraction of sp³-hybridized carbons (Fsp3) is 0.875. The second kappa shape index (κ2) is 4.98. The van der Waals surface area contributed by atoms with Crippen molar-refractivity contribution < 1.29 is 5.21 Å². The number of hydrogen-bond acceptors (Lipinski definition) is 3. The summed E-state index contributed by atoms with van der Waals surface area (Å²) in [7, 11) is 0. The Labute approximate surface area is 73.8 Å². The summed E-state index contributed by atoms with van der Waals surface area (Å²) in [6.07, 6.45) is 0.590. The molecule has 0 spiro atoms. The van der Waals surface area contributed by atoms with Crippen molar-refractivity contribution in [2.75, 3.05) is 13.1 Å². The molecule has 0 heterocycles. The smallest absolute Gasteiger partial charge is 0.140 e. The SMILES string of the molecule is CC(C)(C)CNCCC(N)=NO. The van der Waals surface area contributed by atoms with Crippen LogP contribution in [0.25, 0.3) is 0 Å². The predicted molar refractivity (Wildman–Crippen MR) is 50.4 cm³/mol. The highest BCUT2D eigenvalue weighted by atomic mass is 16.4. The highest BCUT2D eigenvalue weighted by Gasteiger charge is 2.08. The molecule has 4 nitrogen and oxygen atoms in total. The summed E-state index contributed by atoms with van der Waals surface area (Å²) >= 11 is 0. The second-order valence-corrected chi connectivity index (χ2v) is 4.08. The molecule has 0 aromatic carbocycles. The first kappa shape index (κ1) is 11.2. The van der Waals surface area contributed by atoms with Crippen molar-refractivity contribution in [1.82, 2.24) is 5.32 Å². The molecule has 0 amide bonds. The van der Waals surface area contributed by atoms with E-state index >= 15 is 0 Å². The molecule has 4 N–H and O–H groups in total. The van der Waals surface area contributed by atoms with E-state index < -0.39 is 0 Å². The number of rotatable bonds is 4. The minimum atomic E-state index is 0.274. The summed E-state index contributed by atoms with van der Waals surface area (Å²) in [6.45, 7) is 8.16. The van der Waals surface area contributed by atoms with Crippen molar-refractivity contribution in [1.29, 1.82) is 0 Å². The van der Waals surface area contributed by atoms with Gasteiger partial charge in [0.15, 0.2) is 0 Å². The van der Waals surface area contributed by atoms with Crippen LogP contribution in [0.2, 0.25) is 0 Å². The fourth-order valence-electron chi connectivity index (χ4n) is 0.730. The average molecular weight is 173 g/mol. The van der Waals surface area contributed by atoms with Crippen molar-refractivity contribution in [2.24, 2.45) is 16.3 Å². The van der Waals surface area contributed by atoms with Crippen molar-refractivity contribution in [3.8, 4) is 0 Å². The topological polar surface area (TPSA) is 70.6 Å². The Morgan fingerprint density at radius 2 is 2.08 bits per heavy atom. The highest BCUT2D eigenvalue weighted by molar-refractivity contribution is 5.79. The van der Waals surface area contributed by atoms with E-state index in [-0.39, 0.29) is 11.3 Å². The molecule has 0 radical (unpaired) electrons. The van der Waals surface area contributed by atoms with Crippen LogP contribution in [0.15, 0.2) is 5.16 Å². The first-order chi connectivity index (χ1) is 5.45. The maximum atomic E-state index is 8.23. The molecule has 0 aromatic rings. The van der Waals surface area contributed by atoms with Gasteiger partial charge in [0.25, 0.3) is 0 Å². The number of nitrogens with zero attached hydrogens (tertiary/aromatic N) is 1. The van der Waals surface area contributed by atoms with Gasteiger partial charge in [-0.1, -0.05) is 25.9 Å². The lowest BCUT2D eigenvalue weighted by molar-refractivity contribution is 0.316. The van der Waals surface area contributed by atoms with Gasteiger partial charge in [-0.25, -0.2) is 0 Å². The second-order valence-electron chi connectivity index (χ2n) is 4.08. The molecule has 12 heavy (non-hydrogen) atoms. The van der Waals surface area contributed by atoms with Gasteiger partial charge in [0.2, 0.25) is 0 Å². The zero-order chi connectivity index (χ0) is 9.61. The molecular weight excluding hydrogens is 154 g/mol. The standard InChI is InChI=1S/C8H19N3O/c1-8(2,3)6-10-5-4-7(9)11-12/h10,12H,4-6H2,1-3H3,(H2,9,11). The molecular formula is C8H19N3O. The lowest BCUT2D eigenvalue weighted by Gasteiger charge is -2.18. The van der Waals surface area contributed by atoms with Crippen molar-refractivity contribution in [2.45, 2.75) is 27.2 Å². The van der Waals surface area contributed by atoms with E-state index in [1.807, 2.05) is 0 Å². The minimum absolute atomic E-state index is 0.274. The third-order valence-corrected chi connectivity index (χ3v) is 1.34. The summed E-state index contributed by atoms with van der Waals surface area (Å²) in [4.78, 5) is 0. The third-order valence-electron chi connectivity index (χ3n) is 1.34. The Bertz CT molecular complexity index is 149. The molecule has 4 heteroatoms. The lowest BCUT2D eigenvalue weighted by atomic mass is 9.97. The maximum absolute atomic E-state index is 8.23. The molecule has 0 aliphatic carbocycles. The Hall–Kier alpha value is -0.770. The molecule has 0 saturated carbocycles. The fourth-order valence-corrected chi connectivity index (χ4v) is 0.730. The Kier molecular flexibility index (Phi) is 4.66. The Morgan fingerprint density at radius 3 is 2.50 bits per heavy atom. The van der Waals surface area contributed by atoms with E-state index in [1.165, 1.54) is 0 Å².